The van der Waals surface area contributed by atoms with Crippen molar-refractivity contribution in [3.63, 3.8) is 0 Å². The van der Waals surface area contributed by atoms with Gasteiger partial charge in [-0.15, -0.1) is 46.7 Å². The highest BCUT2D eigenvalue weighted by Crippen LogP contribution is 2.30. The molecule has 0 aliphatic carbocycles. The van der Waals surface area contributed by atoms with Crippen molar-refractivity contribution in [3.8, 4) is 0 Å². The summed E-state index contributed by atoms with van der Waals surface area (Å²) in [5.74, 6) is 0.671. The van der Waals surface area contributed by atoms with Crippen molar-refractivity contribution in [3.05, 3.63) is 32.2 Å². The molecule has 2 aromatic rings. The van der Waals surface area contributed by atoms with Crippen molar-refractivity contribution < 1.29 is 17.9 Å². The Morgan fingerprint density at radius 1 is 1.31 bits per heavy atom. The van der Waals surface area contributed by atoms with Crippen LogP contribution in [-0.2, 0) is 23.9 Å². The van der Waals surface area contributed by atoms with Crippen molar-refractivity contribution in [2.75, 3.05) is 27.2 Å². The third kappa shape index (κ3) is 7.98. The van der Waals surface area contributed by atoms with Gasteiger partial charge >= 0.3 is 6.18 Å². The molecular weight excluding hydrogens is 538 g/mol. The molecule has 0 fully saturated rings. The van der Waals surface area contributed by atoms with E-state index in [0.717, 1.165) is 27.4 Å². The highest BCUT2D eigenvalue weighted by molar-refractivity contribution is 14.0. The fourth-order valence-electron chi connectivity index (χ4n) is 2.28. The minimum Gasteiger partial charge on any atom is -0.375 e. The largest absolute Gasteiger partial charge is 0.434 e. The number of nitrogens with zero attached hydrogens (tertiary/aromatic N) is 4. The van der Waals surface area contributed by atoms with Gasteiger partial charge in [-0.1, -0.05) is 0 Å². The molecule has 2 rings (SSSR count). The molecule has 0 amide bonds. The molecule has 0 aliphatic rings. The van der Waals surface area contributed by atoms with Crippen molar-refractivity contribution in [2.24, 2.45) is 4.99 Å². The van der Waals surface area contributed by atoms with Gasteiger partial charge in [-0.25, -0.2) is 9.97 Å². The molecule has 0 bridgehead atoms. The minimum atomic E-state index is -4.40. The van der Waals surface area contributed by atoms with E-state index in [1.165, 1.54) is 0 Å². The number of hydrogen-bond donors (Lipinski definition) is 1. The Morgan fingerprint density at radius 3 is 2.62 bits per heavy atom. The number of halogens is 4. The lowest BCUT2D eigenvalue weighted by Gasteiger charge is -2.21. The molecule has 0 radical (unpaired) electrons. The Bertz CT molecular complexity index is 781. The predicted octanol–water partition coefficient (Wildman–Crippen LogP) is 4.58. The third-order valence-corrected chi connectivity index (χ3v) is 5.76. The molecule has 0 saturated carbocycles. The standard InChI is InChI=1S/C17H24F3N5OS2.HI/c1-5-21-16(22-7-6-14-24-13(10-27-14)17(18,19)20)25(3)8-12-9-28-15(23-12)11(2)26-4;/h9-11H,5-8H2,1-4H3,(H,21,22);1H. The van der Waals surface area contributed by atoms with E-state index in [1.807, 2.05) is 31.2 Å². The van der Waals surface area contributed by atoms with Crippen molar-refractivity contribution in [1.29, 1.82) is 0 Å². The predicted molar refractivity (Wildman–Crippen MR) is 121 cm³/mol. The first-order valence-electron chi connectivity index (χ1n) is 8.72. The van der Waals surface area contributed by atoms with Gasteiger partial charge in [0.1, 0.15) is 11.1 Å². The topological polar surface area (TPSA) is 62.6 Å². The molecule has 1 unspecified atom stereocenters. The maximum Gasteiger partial charge on any atom is 0.434 e. The zero-order valence-corrected chi connectivity index (χ0v) is 20.6. The molecule has 2 heterocycles. The third-order valence-electron chi connectivity index (χ3n) is 3.80. The molecule has 6 nitrogen and oxygen atoms in total. The van der Waals surface area contributed by atoms with E-state index in [1.54, 1.807) is 18.4 Å². The molecule has 2 aromatic heterocycles. The number of guanidine groups is 1. The number of nitrogens with one attached hydrogen (secondary N) is 1. The van der Waals surface area contributed by atoms with Crippen LogP contribution in [0.4, 0.5) is 13.2 Å². The van der Waals surface area contributed by atoms with Crippen LogP contribution in [0.25, 0.3) is 0 Å². The van der Waals surface area contributed by atoms with Crippen molar-refractivity contribution in [1.82, 2.24) is 20.2 Å². The zero-order valence-electron chi connectivity index (χ0n) is 16.6. The number of hydrogen-bond acceptors (Lipinski definition) is 6. The second kappa shape index (κ2) is 12.0. The number of aromatic nitrogens is 2. The molecule has 0 spiro atoms. The maximum absolute atomic E-state index is 12.6. The number of alkyl halides is 3. The van der Waals surface area contributed by atoms with Crippen LogP contribution in [0.5, 0.6) is 0 Å². The Morgan fingerprint density at radius 2 is 2.03 bits per heavy atom. The summed E-state index contributed by atoms with van der Waals surface area (Å²) in [6, 6.07) is 0. The van der Waals surface area contributed by atoms with Gasteiger partial charge in [0.05, 0.1) is 17.2 Å². The van der Waals surface area contributed by atoms with Gasteiger partial charge < -0.3 is 15.0 Å². The summed E-state index contributed by atoms with van der Waals surface area (Å²) in [6.07, 6.45) is -4.10. The summed E-state index contributed by atoms with van der Waals surface area (Å²) in [4.78, 5) is 14.6. The van der Waals surface area contributed by atoms with E-state index < -0.39 is 11.9 Å². The number of methoxy groups -OCH3 is 1. The molecule has 1 atom stereocenters. The van der Waals surface area contributed by atoms with E-state index in [2.05, 4.69) is 20.3 Å². The van der Waals surface area contributed by atoms with Crippen molar-refractivity contribution in [2.45, 2.75) is 39.1 Å². The maximum atomic E-state index is 12.6. The summed E-state index contributed by atoms with van der Waals surface area (Å²) < 4.78 is 43.2. The molecule has 0 aromatic carbocycles. The first-order valence-corrected chi connectivity index (χ1v) is 10.5. The SMILES string of the molecule is CCNC(=NCCc1nc(C(F)(F)F)cs1)N(C)Cc1csc(C(C)OC)n1.I. The van der Waals surface area contributed by atoms with Crippen LogP contribution < -0.4 is 5.32 Å². The molecular formula is C17H25F3IN5OS2. The lowest BCUT2D eigenvalue weighted by Crippen LogP contribution is -2.38. The van der Waals surface area contributed by atoms with E-state index in [0.29, 0.717) is 37.0 Å². The Kier molecular flexibility index (Phi) is 10.8. The summed E-state index contributed by atoms with van der Waals surface area (Å²) in [7, 11) is 3.54. The monoisotopic (exact) mass is 563 g/mol. The van der Waals surface area contributed by atoms with E-state index >= 15 is 0 Å². The molecule has 1 N–H and O–H groups in total. The molecule has 12 heteroatoms. The van der Waals surface area contributed by atoms with Crippen LogP contribution in [0.3, 0.4) is 0 Å². The Labute approximate surface area is 193 Å². The number of rotatable bonds is 8. The summed E-state index contributed by atoms with van der Waals surface area (Å²) >= 11 is 2.55. The quantitative estimate of drug-likeness (QED) is 0.290. The number of thiazole rings is 2. The van der Waals surface area contributed by atoms with Gasteiger partial charge in [0, 0.05) is 44.4 Å². The van der Waals surface area contributed by atoms with Crippen LogP contribution in [0.1, 0.15) is 41.4 Å². The van der Waals surface area contributed by atoms with E-state index in [4.69, 9.17) is 4.74 Å². The average Bonchev–Trinajstić information content (AvgIpc) is 3.29. The van der Waals surface area contributed by atoms with Gasteiger partial charge in [0.15, 0.2) is 11.7 Å². The fourth-order valence-corrected chi connectivity index (χ4v) is 3.92. The van der Waals surface area contributed by atoms with Crippen LogP contribution >= 0.6 is 46.7 Å². The first kappa shape index (κ1) is 26.0. The van der Waals surface area contributed by atoms with Crippen LogP contribution in [0, 0.1) is 0 Å². The normalized spacial score (nSPS) is 13.1. The van der Waals surface area contributed by atoms with Gasteiger partial charge in [-0.2, -0.15) is 13.2 Å². The number of ether oxygens (including phenoxy) is 1. The second-order valence-corrected chi connectivity index (χ2v) is 7.85. The van der Waals surface area contributed by atoms with E-state index in [-0.39, 0.29) is 30.1 Å². The van der Waals surface area contributed by atoms with Crippen LogP contribution in [-0.4, -0.2) is 48.1 Å². The van der Waals surface area contributed by atoms with Gasteiger partial charge in [-0.05, 0) is 13.8 Å². The average molecular weight is 563 g/mol. The van der Waals surface area contributed by atoms with Gasteiger partial charge in [0.25, 0.3) is 0 Å². The summed E-state index contributed by atoms with van der Waals surface area (Å²) in [5, 5.41) is 7.55. The van der Waals surface area contributed by atoms with Gasteiger partial charge in [0.2, 0.25) is 0 Å². The fraction of sp³-hybridized carbons (Fsp3) is 0.588. The molecule has 164 valence electrons. The second-order valence-electron chi connectivity index (χ2n) is 6.02. The molecule has 29 heavy (non-hydrogen) atoms. The van der Waals surface area contributed by atoms with Crippen molar-refractivity contribution >= 4 is 52.6 Å². The first-order chi connectivity index (χ1) is 13.2. The molecule has 0 aliphatic heterocycles. The lowest BCUT2D eigenvalue weighted by molar-refractivity contribution is -0.140. The highest BCUT2D eigenvalue weighted by Gasteiger charge is 2.33. The Hall–Kier alpha value is -0.990. The smallest absolute Gasteiger partial charge is 0.375 e. The van der Waals surface area contributed by atoms with Gasteiger partial charge in [-0.3, -0.25) is 4.99 Å². The Balaban J connectivity index is 0.00000420. The summed E-state index contributed by atoms with van der Waals surface area (Å²) in [5.41, 5.74) is 0.0665. The van der Waals surface area contributed by atoms with Crippen LogP contribution in [0.15, 0.2) is 15.8 Å². The highest BCUT2D eigenvalue weighted by atomic mass is 127. The number of aliphatic imine (C=N–C) groups is 1. The zero-order chi connectivity index (χ0) is 20.7. The lowest BCUT2D eigenvalue weighted by atomic mass is 10.4. The minimum absolute atomic E-state index is 0. The summed E-state index contributed by atoms with van der Waals surface area (Å²) in [6.45, 7) is 5.50. The molecule has 0 saturated heterocycles. The van der Waals surface area contributed by atoms with E-state index in [9.17, 15) is 13.2 Å². The van der Waals surface area contributed by atoms with Crippen LogP contribution in [0.2, 0.25) is 0 Å².